The number of anilines is 1. The van der Waals surface area contributed by atoms with Gasteiger partial charge in [0, 0.05) is 6.42 Å². The number of nitrogens with two attached hydrogens (primary N) is 1. The lowest BCUT2D eigenvalue weighted by molar-refractivity contribution is -0.274. The van der Waals surface area contributed by atoms with Gasteiger partial charge in [-0.2, -0.15) is 0 Å². The Kier molecular flexibility index (Phi) is 7.35. The predicted octanol–water partition coefficient (Wildman–Crippen LogP) is 4.24. The maximum atomic E-state index is 12.4. The van der Waals surface area contributed by atoms with Gasteiger partial charge >= 0.3 is 6.36 Å². The van der Waals surface area contributed by atoms with Crippen molar-refractivity contribution in [3.63, 3.8) is 0 Å². The molecule has 1 aliphatic rings. The molecule has 1 aromatic rings. The van der Waals surface area contributed by atoms with Crippen LogP contribution >= 0.6 is 12.4 Å². The number of carbonyl (C=O) groups is 1. The number of nitrogens with one attached hydrogen (secondary N) is 1. The number of amides is 1. The smallest absolute Gasteiger partial charge is 0.404 e. The molecule has 0 bridgehead atoms. The fraction of sp³-hybridized carbons (Fsp3) is 0.562. The number of benzene rings is 1. The van der Waals surface area contributed by atoms with Gasteiger partial charge in [0.15, 0.2) is 5.75 Å². The molecule has 1 amide bonds. The predicted molar refractivity (Wildman–Crippen MR) is 88.2 cm³/mol. The van der Waals surface area contributed by atoms with Gasteiger partial charge in [-0.05, 0) is 36.9 Å². The normalized spacial score (nSPS) is 16.8. The highest BCUT2D eigenvalue weighted by Gasteiger charge is 2.34. The number of hydrogen-bond acceptors (Lipinski definition) is 3. The van der Waals surface area contributed by atoms with Crippen molar-refractivity contribution in [2.45, 2.75) is 44.9 Å². The van der Waals surface area contributed by atoms with E-state index in [9.17, 15) is 18.0 Å². The summed E-state index contributed by atoms with van der Waals surface area (Å²) in [4.78, 5) is 12.3. The minimum absolute atomic E-state index is 0. The van der Waals surface area contributed by atoms with Gasteiger partial charge in [0.1, 0.15) is 0 Å². The Balaban J connectivity index is 0.00000288. The molecule has 0 aromatic heterocycles. The molecule has 0 aliphatic heterocycles. The molecule has 1 aliphatic carbocycles. The van der Waals surface area contributed by atoms with Gasteiger partial charge in [0.25, 0.3) is 0 Å². The van der Waals surface area contributed by atoms with Crippen LogP contribution in [0.5, 0.6) is 5.75 Å². The van der Waals surface area contributed by atoms with Crippen molar-refractivity contribution in [3.05, 3.63) is 24.3 Å². The zero-order valence-electron chi connectivity index (χ0n) is 13.2. The summed E-state index contributed by atoms with van der Waals surface area (Å²) in [5.41, 5.74) is 5.60. The summed E-state index contributed by atoms with van der Waals surface area (Å²) in [5, 5.41) is 2.52. The second-order valence-corrected chi connectivity index (χ2v) is 6.03. The number of carbonyl (C=O) groups excluding carboxylic acids is 1. The molecule has 1 fully saturated rings. The van der Waals surface area contributed by atoms with Crippen molar-refractivity contribution in [3.8, 4) is 5.75 Å². The molecule has 4 nitrogen and oxygen atoms in total. The molecule has 1 saturated carbocycles. The molecule has 2 rings (SSSR count). The van der Waals surface area contributed by atoms with E-state index in [2.05, 4.69) is 10.1 Å². The van der Waals surface area contributed by atoms with Crippen LogP contribution in [-0.2, 0) is 4.79 Å². The summed E-state index contributed by atoms with van der Waals surface area (Å²) in [5.74, 6) is -0.755. The first-order valence-corrected chi connectivity index (χ1v) is 7.68. The molecule has 3 N–H and O–H groups in total. The molecule has 0 spiro atoms. The number of alkyl halides is 3. The molecule has 0 saturated heterocycles. The highest BCUT2D eigenvalue weighted by atomic mass is 35.5. The van der Waals surface area contributed by atoms with E-state index < -0.39 is 12.1 Å². The van der Waals surface area contributed by atoms with Gasteiger partial charge in [-0.1, -0.05) is 31.4 Å². The van der Waals surface area contributed by atoms with Gasteiger partial charge in [0.05, 0.1) is 5.69 Å². The Morgan fingerprint density at radius 2 is 1.83 bits per heavy atom. The Bertz CT molecular complexity index is 546. The van der Waals surface area contributed by atoms with E-state index in [0.717, 1.165) is 32.1 Å². The second kappa shape index (κ2) is 8.58. The van der Waals surface area contributed by atoms with Crippen molar-refractivity contribution in [1.29, 1.82) is 0 Å². The van der Waals surface area contributed by atoms with Crippen molar-refractivity contribution >= 4 is 24.0 Å². The largest absolute Gasteiger partial charge is 0.573 e. The highest BCUT2D eigenvalue weighted by molar-refractivity contribution is 5.92. The third kappa shape index (κ3) is 5.87. The van der Waals surface area contributed by atoms with Crippen molar-refractivity contribution in [1.82, 2.24) is 0 Å². The van der Waals surface area contributed by atoms with Crippen molar-refractivity contribution < 1.29 is 22.7 Å². The summed E-state index contributed by atoms with van der Waals surface area (Å²) in [6.07, 6.45) is 0.337. The molecular weight excluding hydrogens is 345 g/mol. The van der Waals surface area contributed by atoms with E-state index in [4.69, 9.17) is 5.73 Å². The van der Waals surface area contributed by atoms with E-state index in [1.54, 1.807) is 0 Å². The highest BCUT2D eigenvalue weighted by Crippen LogP contribution is 2.39. The summed E-state index contributed by atoms with van der Waals surface area (Å²) in [6.45, 7) is 0.404. The summed E-state index contributed by atoms with van der Waals surface area (Å²) < 4.78 is 41.1. The van der Waals surface area contributed by atoms with E-state index in [-0.39, 0.29) is 35.8 Å². The van der Waals surface area contributed by atoms with E-state index in [1.807, 2.05) is 0 Å². The lowest BCUT2D eigenvalue weighted by Crippen LogP contribution is -2.36. The second-order valence-electron chi connectivity index (χ2n) is 6.03. The minimum Gasteiger partial charge on any atom is -0.404 e. The molecule has 0 unspecified atom stereocenters. The molecule has 0 radical (unpaired) electrons. The monoisotopic (exact) mass is 366 g/mol. The van der Waals surface area contributed by atoms with Gasteiger partial charge in [0.2, 0.25) is 5.91 Å². The van der Waals surface area contributed by atoms with Crippen LogP contribution in [0.1, 0.15) is 38.5 Å². The number of halogens is 4. The third-order valence-corrected chi connectivity index (χ3v) is 4.27. The Morgan fingerprint density at radius 3 is 2.42 bits per heavy atom. The van der Waals surface area contributed by atoms with Gasteiger partial charge in [-0.25, -0.2) is 0 Å². The molecule has 1 aromatic carbocycles. The fourth-order valence-corrected chi connectivity index (χ4v) is 3.07. The van der Waals surface area contributed by atoms with Crippen LogP contribution in [0.2, 0.25) is 0 Å². The number of rotatable bonds is 5. The topological polar surface area (TPSA) is 64.4 Å². The van der Waals surface area contributed by atoms with Crippen LogP contribution in [0, 0.1) is 5.41 Å². The summed E-state index contributed by atoms with van der Waals surface area (Å²) in [7, 11) is 0. The first kappa shape index (κ1) is 20.6. The number of ether oxygens (including phenoxy) is 1. The van der Waals surface area contributed by atoms with Crippen LogP contribution in [0.4, 0.5) is 18.9 Å². The summed E-state index contributed by atoms with van der Waals surface area (Å²) in [6, 6.07) is 5.51. The first-order chi connectivity index (χ1) is 10.8. The quantitative estimate of drug-likeness (QED) is 0.819. The average molecular weight is 367 g/mol. The van der Waals surface area contributed by atoms with Crippen molar-refractivity contribution in [2.24, 2.45) is 11.1 Å². The van der Waals surface area contributed by atoms with Gasteiger partial charge in [-0.3, -0.25) is 4.79 Å². The molecule has 8 heteroatoms. The number of para-hydroxylation sites is 2. The summed E-state index contributed by atoms with van der Waals surface area (Å²) >= 11 is 0. The maximum absolute atomic E-state index is 12.4. The maximum Gasteiger partial charge on any atom is 0.573 e. The molecule has 136 valence electrons. The lowest BCUT2D eigenvalue weighted by Gasteiger charge is -2.35. The lowest BCUT2D eigenvalue weighted by atomic mass is 9.71. The Labute approximate surface area is 145 Å². The van der Waals surface area contributed by atoms with Gasteiger partial charge in [-0.15, -0.1) is 25.6 Å². The molecule has 0 heterocycles. The molecular formula is C16H22ClF3N2O2. The van der Waals surface area contributed by atoms with E-state index in [1.165, 1.54) is 24.3 Å². The molecule has 24 heavy (non-hydrogen) atoms. The van der Waals surface area contributed by atoms with Gasteiger partial charge < -0.3 is 15.8 Å². The minimum atomic E-state index is -4.80. The standard InChI is InChI=1S/C16H21F3N2O2.ClH/c17-16(18,19)23-13-7-3-2-6-12(13)21-14(22)10-15(11-20)8-4-1-5-9-15;/h2-3,6-7H,1,4-5,8-11,20H2,(H,21,22);1H. The molecule has 0 atom stereocenters. The Hall–Kier alpha value is -1.47. The van der Waals surface area contributed by atoms with Crippen LogP contribution in [0.25, 0.3) is 0 Å². The van der Waals surface area contributed by atoms with E-state index in [0.29, 0.717) is 6.54 Å². The van der Waals surface area contributed by atoms with Crippen LogP contribution in [0.15, 0.2) is 24.3 Å². The first-order valence-electron chi connectivity index (χ1n) is 7.68. The number of hydrogen-bond donors (Lipinski definition) is 2. The van der Waals surface area contributed by atoms with Crippen LogP contribution in [-0.4, -0.2) is 18.8 Å². The van der Waals surface area contributed by atoms with Crippen LogP contribution in [0.3, 0.4) is 0 Å². The zero-order valence-corrected chi connectivity index (χ0v) is 14.0. The zero-order chi connectivity index (χ0) is 16.9. The average Bonchev–Trinajstić information content (AvgIpc) is 2.49. The SMILES string of the molecule is Cl.NCC1(CC(=O)Nc2ccccc2OC(F)(F)F)CCCCC1. The van der Waals surface area contributed by atoms with Crippen LogP contribution < -0.4 is 15.8 Å². The third-order valence-electron chi connectivity index (χ3n) is 4.27. The van der Waals surface area contributed by atoms with Crippen molar-refractivity contribution in [2.75, 3.05) is 11.9 Å². The fourth-order valence-electron chi connectivity index (χ4n) is 3.07. The van der Waals surface area contributed by atoms with E-state index >= 15 is 0 Å². The Morgan fingerprint density at radius 1 is 1.21 bits per heavy atom.